The van der Waals surface area contributed by atoms with E-state index in [9.17, 15) is 0 Å². The van der Waals surface area contributed by atoms with Crippen LogP contribution < -0.4 is 20.7 Å². The van der Waals surface area contributed by atoms with Crippen LogP contribution in [0.1, 0.15) is 44.5 Å². The van der Waals surface area contributed by atoms with Crippen LogP contribution in [0.4, 0.5) is 0 Å². The van der Waals surface area contributed by atoms with Crippen molar-refractivity contribution in [1.29, 1.82) is 0 Å². The van der Waals surface area contributed by atoms with Crippen LogP contribution in [0.25, 0.3) is 88.3 Å². The van der Waals surface area contributed by atoms with E-state index in [-0.39, 0.29) is 10.8 Å². The first kappa shape index (κ1) is 46.6. The molecule has 0 aromatic heterocycles. The van der Waals surface area contributed by atoms with Gasteiger partial charge in [0.15, 0.2) is 8.07 Å². The summed E-state index contributed by atoms with van der Waals surface area (Å²) >= 11 is 0. The predicted molar refractivity (Wildman–Crippen MR) is 349 cm³/mol. The van der Waals surface area contributed by atoms with E-state index in [1.54, 1.807) is 0 Å². The van der Waals surface area contributed by atoms with Gasteiger partial charge in [-0.2, -0.15) is 0 Å². The molecule has 1 heteroatoms. The van der Waals surface area contributed by atoms with Gasteiger partial charge in [-0.1, -0.05) is 291 Å². The molecule has 0 nitrogen and oxygen atoms in total. The molecule has 2 spiro atoms. The Morgan fingerprint density at radius 1 is 0.169 bits per heavy atom. The number of hydrogen-bond donors (Lipinski definition) is 0. The monoisotopic (exact) mass is 1060 g/mol. The highest BCUT2D eigenvalue weighted by Gasteiger charge is 2.53. The van der Waals surface area contributed by atoms with Gasteiger partial charge in [0, 0.05) is 0 Å². The third kappa shape index (κ3) is 6.19. The van der Waals surface area contributed by atoms with Gasteiger partial charge in [0.2, 0.25) is 0 Å². The zero-order valence-corrected chi connectivity index (χ0v) is 46.5. The molecule has 384 valence electrons. The Morgan fingerprint density at radius 3 is 0.759 bits per heavy atom. The van der Waals surface area contributed by atoms with Gasteiger partial charge in [-0.15, -0.1) is 0 Å². The van der Waals surface area contributed by atoms with Crippen molar-refractivity contribution in [3.63, 3.8) is 0 Å². The Kier molecular flexibility index (Phi) is 9.77. The standard InChI is InChI=1S/C82H52Si/c1-3-19-61(20-4-1)83(62-21-5-2-6-22-62,63-43-39-55-47-53(35-37-57(55)49-63)59-41-45-71-69-27-11-17-33-77(69)81(79(71)51-59)73-29-13-7-23-65(73)66-24-8-14-30-74(66)81)64-44-40-56-48-54(36-38-58(56)50-64)60-42-46-72-70-28-12-18-34-78(70)82(80(72)52-60)75-31-15-9-25-67(75)68-26-10-16-32-76(68)82/h1-52H. The van der Waals surface area contributed by atoms with Crippen molar-refractivity contribution in [2.45, 2.75) is 10.8 Å². The molecule has 0 amide bonds. The van der Waals surface area contributed by atoms with E-state index in [0.29, 0.717) is 0 Å². The van der Waals surface area contributed by atoms with Crippen LogP contribution in [-0.2, 0) is 10.8 Å². The van der Waals surface area contributed by atoms with Gasteiger partial charge in [-0.25, -0.2) is 0 Å². The highest BCUT2D eigenvalue weighted by atomic mass is 28.3. The van der Waals surface area contributed by atoms with Gasteiger partial charge in [0.05, 0.1) is 10.8 Å². The van der Waals surface area contributed by atoms with Gasteiger partial charge in [0.1, 0.15) is 0 Å². The average molecular weight is 1070 g/mol. The van der Waals surface area contributed by atoms with Crippen LogP contribution in [0.2, 0.25) is 0 Å². The summed E-state index contributed by atoms with van der Waals surface area (Å²) in [6.07, 6.45) is 0. The van der Waals surface area contributed by atoms with Crippen molar-refractivity contribution in [2.24, 2.45) is 0 Å². The first-order valence-corrected chi connectivity index (χ1v) is 31.2. The average Bonchev–Trinajstić information content (AvgIpc) is 1.82. The molecule has 4 aliphatic carbocycles. The molecule has 0 N–H and O–H groups in total. The minimum atomic E-state index is -2.93. The van der Waals surface area contributed by atoms with Crippen LogP contribution in [0.15, 0.2) is 315 Å². The molecular weight excluding hydrogens is 1010 g/mol. The molecule has 0 heterocycles. The molecular formula is C82H52Si. The normalized spacial score (nSPS) is 14.0. The molecule has 0 saturated heterocycles. The van der Waals surface area contributed by atoms with Gasteiger partial charge in [0.25, 0.3) is 0 Å². The van der Waals surface area contributed by atoms with E-state index in [4.69, 9.17) is 0 Å². The fourth-order valence-electron chi connectivity index (χ4n) is 16.2. The summed E-state index contributed by atoms with van der Waals surface area (Å²) in [4.78, 5) is 0. The second-order valence-corrected chi connectivity index (χ2v) is 27.1. The SMILES string of the molecule is c1ccc([Si](c2ccccc2)(c2ccc3cc(-c4ccc5c(c4)C4(c6ccccc6-c6ccccc64)c4ccccc4-5)ccc3c2)c2ccc3cc(-c4ccc5c(c4)C4(c6ccccc6-c6ccccc64)c4ccccc4-5)ccc3c2)cc1. The van der Waals surface area contributed by atoms with Gasteiger partial charge < -0.3 is 0 Å². The zero-order chi connectivity index (χ0) is 54.4. The number of fused-ring (bicyclic) bond motifs is 22. The fourth-order valence-corrected chi connectivity index (χ4v) is 21.0. The predicted octanol–water partition coefficient (Wildman–Crippen LogP) is 17.4. The third-order valence-corrected chi connectivity index (χ3v) is 24.4. The van der Waals surface area contributed by atoms with Crippen LogP contribution in [-0.4, -0.2) is 8.07 Å². The van der Waals surface area contributed by atoms with Crippen molar-refractivity contribution >= 4 is 50.4 Å². The lowest BCUT2D eigenvalue weighted by Crippen LogP contribution is -2.74. The van der Waals surface area contributed by atoms with E-state index in [0.717, 1.165) is 0 Å². The Labute approximate surface area is 485 Å². The lowest BCUT2D eigenvalue weighted by atomic mass is 9.70. The van der Waals surface area contributed by atoms with Crippen LogP contribution in [0.3, 0.4) is 0 Å². The molecule has 0 atom stereocenters. The third-order valence-electron chi connectivity index (χ3n) is 19.6. The van der Waals surface area contributed by atoms with Crippen LogP contribution in [0.5, 0.6) is 0 Å². The van der Waals surface area contributed by atoms with Gasteiger partial charge in [-0.3, -0.25) is 0 Å². The molecule has 18 rings (SSSR count). The molecule has 0 bridgehead atoms. The molecule has 0 fully saturated rings. The molecule has 14 aromatic carbocycles. The zero-order valence-electron chi connectivity index (χ0n) is 45.5. The number of hydrogen-bond acceptors (Lipinski definition) is 0. The summed E-state index contributed by atoms with van der Waals surface area (Å²) in [5.41, 5.74) is 25.7. The summed E-state index contributed by atoms with van der Waals surface area (Å²) in [7, 11) is -2.93. The lowest BCUT2D eigenvalue weighted by molar-refractivity contribution is 0.794. The Bertz CT molecular complexity index is 4600. The number of benzene rings is 14. The summed E-state index contributed by atoms with van der Waals surface area (Å²) in [6.45, 7) is 0. The summed E-state index contributed by atoms with van der Waals surface area (Å²) < 4.78 is 0. The summed E-state index contributed by atoms with van der Waals surface area (Å²) in [5.74, 6) is 0. The largest absolute Gasteiger partial charge is 0.179 e. The van der Waals surface area contributed by atoms with Crippen LogP contribution >= 0.6 is 0 Å². The molecule has 0 saturated carbocycles. The van der Waals surface area contributed by atoms with E-state index in [1.807, 2.05) is 0 Å². The molecule has 0 radical (unpaired) electrons. The summed E-state index contributed by atoms with van der Waals surface area (Å²) in [5, 5.41) is 10.4. The highest BCUT2D eigenvalue weighted by Crippen LogP contribution is 2.65. The molecule has 4 aliphatic rings. The minimum absolute atomic E-state index is 0.384. The first-order chi connectivity index (χ1) is 41.1. The maximum absolute atomic E-state index is 2.93. The van der Waals surface area contributed by atoms with Crippen molar-refractivity contribution < 1.29 is 0 Å². The Hall–Kier alpha value is -10.2. The Morgan fingerprint density at radius 2 is 0.422 bits per heavy atom. The summed E-state index contributed by atoms with van der Waals surface area (Å²) in [6, 6.07) is 121. The second-order valence-electron chi connectivity index (χ2n) is 23.3. The highest BCUT2D eigenvalue weighted by molar-refractivity contribution is 7.20. The van der Waals surface area contributed by atoms with Crippen molar-refractivity contribution in [1.82, 2.24) is 0 Å². The minimum Gasteiger partial charge on any atom is -0.0623 e. The van der Waals surface area contributed by atoms with E-state index >= 15 is 0 Å². The van der Waals surface area contributed by atoms with Gasteiger partial charge >= 0.3 is 0 Å². The first-order valence-electron chi connectivity index (χ1n) is 29.2. The second kappa shape index (κ2) is 17.4. The smallest absolute Gasteiger partial charge is 0.0623 e. The van der Waals surface area contributed by atoms with E-state index in [1.165, 1.54) is 154 Å². The van der Waals surface area contributed by atoms with Crippen molar-refractivity contribution in [3.05, 3.63) is 360 Å². The van der Waals surface area contributed by atoms with Crippen molar-refractivity contribution in [3.8, 4) is 66.8 Å². The number of rotatable bonds is 6. The molecule has 14 aromatic rings. The van der Waals surface area contributed by atoms with Gasteiger partial charge in [-0.05, 0) is 178 Å². The molecule has 0 aliphatic heterocycles. The maximum atomic E-state index is 2.51. The Balaban J connectivity index is 0.755. The maximum Gasteiger partial charge on any atom is 0.179 e. The molecule has 0 unspecified atom stereocenters. The fraction of sp³-hybridized carbons (Fsp3) is 0.0244. The van der Waals surface area contributed by atoms with Crippen LogP contribution in [0, 0.1) is 0 Å². The van der Waals surface area contributed by atoms with E-state index in [2.05, 4.69) is 315 Å². The lowest BCUT2D eigenvalue weighted by Gasteiger charge is -2.35. The topological polar surface area (TPSA) is 0 Å². The quantitative estimate of drug-likeness (QED) is 0.115. The molecule has 83 heavy (non-hydrogen) atoms. The van der Waals surface area contributed by atoms with E-state index < -0.39 is 8.07 Å². The van der Waals surface area contributed by atoms with Crippen molar-refractivity contribution in [2.75, 3.05) is 0 Å².